The van der Waals surface area contributed by atoms with Crippen molar-refractivity contribution in [3.63, 3.8) is 0 Å². The third-order valence-corrected chi connectivity index (χ3v) is 4.79. The van der Waals surface area contributed by atoms with Gasteiger partial charge in [0.25, 0.3) is 5.91 Å². The summed E-state index contributed by atoms with van der Waals surface area (Å²) >= 11 is 0. The summed E-state index contributed by atoms with van der Waals surface area (Å²) in [5.41, 5.74) is 0.513. The van der Waals surface area contributed by atoms with Gasteiger partial charge in [0.15, 0.2) is 6.61 Å². The number of benzene rings is 2. The van der Waals surface area contributed by atoms with Crippen LogP contribution in [-0.2, 0) is 9.53 Å². The number of hydrogen-bond acceptors (Lipinski definition) is 5. The molecule has 1 saturated heterocycles. The van der Waals surface area contributed by atoms with E-state index in [1.807, 2.05) is 6.07 Å². The van der Waals surface area contributed by atoms with Crippen LogP contribution < -0.4 is 9.47 Å². The number of ether oxygens (including phenoxy) is 3. The van der Waals surface area contributed by atoms with Crippen molar-refractivity contribution in [2.24, 2.45) is 0 Å². The Kier molecular flexibility index (Phi) is 6.31. The van der Waals surface area contributed by atoms with Crippen LogP contribution in [0.25, 0.3) is 0 Å². The average molecular weight is 405 g/mol. The predicted octanol–water partition coefficient (Wildman–Crippen LogP) is 3.50. The third-order valence-electron chi connectivity index (χ3n) is 4.79. The summed E-state index contributed by atoms with van der Waals surface area (Å²) in [5.74, 6) is -1.89. The largest absolute Gasteiger partial charge is 0.497 e. The van der Waals surface area contributed by atoms with Crippen LogP contribution in [0.4, 0.5) is 8.78 Å². The van der Waals surface area contributed by atoms with Crippen LogP contribution in [0.3, 0.4) is 0 Å². The van der Waals surface area contributed by atoms with E-state index in [1.54, 1.807) is 31.3 Å². The third kappa shape index (κ3) is 4.64. The highest BCUT2D eigenvalue weighted by atomic mass is 19.1. The molecule has 2 aromatic carbocycles. The summed E-state index contributed by atoms with van der Waals surface area (Å²) in [7, 11) is 3.10. The number of methoxy groups -OCH3 is 2. The van der Waals surface area contributed by atoms with E-state index in [1.165, 1.54) is 0 Å². The van der Waals surface area contributed by atoms with Crippen molar-refractivity contribution in [3.05, 3.63) is 59.2 Å². The lowest BCUT2D eigenvalue weighted by Crippen LogP contribution is -2.34. The van der Waals surface area contributed by atoms with Crippen molar-refractivity contribution < 1.29 is 32.6 Å². The lowest BCUT2D eigenvalue weighted by atomic mass is 10.0. The summed E-state index contributed by atoms with van der Waals surface area (Å²) in [6.45, 7) is -0.0320. The van der Waals surface area contributed by atoms with Crippen LogP contribution in [0.5, 0.6) is 11.5 Å². The summed E-state index contributed by atoms with van der Waals surface area (Å²) < 4.78 is 42.2. The van der Waals surface area contributed by atoms with E-state index < -0.39 is 30.1 Å². The Bertz CT molecular complexity index is 898. The minimum atomic E-state index is -0.966. The molecule has 1 amide bonds. The normalized spacial score (nSPS) is 15.9. The number of carbonyl (C=O) groups is 2. The number of carbonyl (C=O) groups excluding carboxylic acids is 2. The number of esters is 1. The Morgan fingerprint density at radius 1 is 1.07 bits per heavy atom. The minimum Gasteiger partial charge on any atom is -0.497 e. The Morgan fingerprint density at radius 3 is 2.45 bits per heavy atom. The molecule has 0 N–H and O–H groups in total. The van der Waals surface area contributed by atoms with Gasteiger partial charge in [0.05, 0.1) is 25.8 Å². The number of halogens is 2. The minimum absolute atomic E-state index is 0.252. The van der Waals surface area contributed by atoms with Crippen molar-refractivity contribution in [3.8, 4) is 11.5 Å². The molecule has 0 aliphatic carbocycles. The fraction of sp³-hybridized carbons (Fsp3) is 0.333. The number of amides is 1. The first-order valence-corrected chi connectivity index (χ1v) is 9.07. The molecule has 0 saturated carbocycles. The average Bonchev–Trinajstić information content (AvgIpc) is 3.20. The second-order valence-corrected chi connectivity index (χ2v) is 6.59. The second kappa shape index (κ2) is 8.89. The molecular formula is C21H21F2NO5. The van der Waals surface area contributed by atoms with Gasteiger partial charge >= 0.3 is 5.97 Å². The predicted molar refractivity (Wildman–Crippen MR) is 99.9 cm³/mol. The lowest BCUT2D eigenvalue weighted by Gasteiger charge is -2.26. The van der Waals surface area contributed by atoms with Crippen LogP contribution in [0.15, 0.2) is 36.4 Å². The fourth-order valence-corrected chi connectivity index (χ4v) is 3.45. The Balaban J connectivity index is 1.71. The molecule has 154 valence electrons. The van der Waals surface area contributed by atoms with Gasteiger partial charge in [-0.3, -0.25) is 4.79 Å². The molecule has 0 unspecified atom stereocenters. The van der Waals surface area contributed by atoms with Gasteiger partial charge in [-0.05, 0) is 43.2 Å². The maximum Gasteiger partial charge on any atom is 0.338 e. The van der Waals surface area contributed by atoms with E-state index in [9.17, 15) is 18.4 Å². The molecule has 2 aromatic rings. The van der Waals surface area contributed by atoms with Crippen LogP contribution in [0.1, 0.15) is 34.8 Å². The van der Waals surface area contributed by atoms with Gasteiger partial charge < -0.3 is 19.1 Å². The van der Waals surface area contributed by atoms with Gasteiger partial charge in [-0.15, -0.1) is 0 Å². The first-order chi connectivity index (χ1) is 13.9. The summed E-state index contributed by atoms with van der Waals surface area (Å²) in [5, 5.41) is 0. The van der Waals surface area contributed by atoms with Crippen LogP contribution in [0.2, 0.25) is 0 Å². The zero-order chi connectivity index (χ0) is 21.0. The highest BCUT2D eigenvalue weighted by Gasteiger charge is 2.32. The van der Waals surface area contributed by atoms with Gasteiger partial charge in [-0.2, -0.15) is 0 Å². The second-order valence-electron chi connectivity index (χ2n) is 6.59. The fourth-order valence-electron chi connectivity index (χ4n) is 3.45. The van der Waals surface area contributed by atoms with E-state index in [0.29, 0.717) is 24.1 Å². The van der Waals surface area contributed by atoms with Crippen LogP contribution >= 0.6 is 0 Å². The quantitative estimate of drug-likeness (QED) is 0.689. The molecule has 0 aromatic heterocycles. The highest BCUT2D eigenvalue weighted by Crippen LogP contribution is 2.38. The summed E-state index contributed by atoms with van der Waals surface area (Å²) in [6.07, 6.45) is 1.50. The molecule has 1 fully saturated rings. The monoisotopic (exact) mass is 405 g/mol. The van der Waals surface area contributed by atoms with Gasteiger partial charge in [-0.25, -0.2) is 13.6 Å². The maximum absolute atomic E-state index is 13.3. The van der Waals surface area contributed by atoms with E-state index in [4.69, 9.17) is 14.2 Å². The van der Waals surface area contributed by atoms with Crippen molar-refractivity contribution in [1.82, 2.24) is 4.90 Å². The Morgan fingerprint density at radius 2 is 1.79 bits per heavy atom. The number of nitrogens with zero attached hydrogens (tertiary/aromatic N) is 1. The summed E-state index contributed by atoms with van der Waals surface area (Å²) in [4.78, 5) is 26.3. The van der Waals surface area contributed by atoms with Crippen molar-refractivity contribution in [2.45, 2.75) is 18.9 Å². The molecule has 6 nitrogen and oxygen atoms in total. The standard InChI is InChI=1S/C21H21F2NO5/c1-27-16-5-6-19(28-2)17(11-16)18-4-3-7-24(18)20(25)12-29-21(26)13-8-14(22)10-15(23)9-13/h5-6,8-11,18H,3-4,7,12H2,1-2H3/t18-/m1/s1. The van der Waals surface area contributed by atoms with Crippen molar-refractivity contribution >= 4 is 11.9 Å². The smallest absolute Gasteiger partial charge is 0.338 e. The summed E-state index contributed by atoms with van der Waals surface area (Å²) in [6, 6.07) is 7.47. The van der Waals surface area contributed by atoms with Gasteiger partial charge in [0.2, 0.25) is 0 Å². The topological polar surface area (TPSA) is 65.1 Å². The SMILES string of the molecule is COc1ccc(OC)c([C@H]2CCCN2C(=O)COC(=O)c2cc(F)cc(F)c2)c1. The molecule has 1 heterocycles. The Hall–Kier alpha value is -3.16. The van der Waals surface area contributed by atoms with Crippen LogP contribution in [0, 0.1) is 11.6 Å². The number of rotatable bonds is 6. The Labute approximate surface area is 167 Å². The van der Waals surface area contributed by atoms with E-state index in [-0.39, 0.29) is 11.6 Å². The molecule has 0 radical (unpaired) electrons. The van der Waals surface area contributed by atoms with E-state index in [2.05, 4.69) is 0 Å². The molecule has 3 rings (SSSR count). The highest BCUT2D eigenvalue weighted by molar-refractivity contribution is 5.91. The zero-order valence-electron chi connectivity index (χ0n) is 16.1. The number of hydrogen-bond donors (Lipinski definition) is 0. The van der Waals surface area contributed by atoms with E-state index in [0.717, 1.165) is 30.5 Å². The molecule has 1 atom stereocenters. The molecule has 0 spiro atoms. The van der Waals surface area contributed by atoms with Gasteiger partial charge in [0, 0.05) is 18.2 Å². The van der Waals surface area contributed by atoms with E-state index >= 15 is 0 Å². The molecule has 0 bridgehead atoms. The first-order valence-electron chi connectivity index (χ1n) is 9.07. The molecular weight excluding hydrogens is 384 g/mol. The molecule has 1 aliphatic heterocycles. The lowest BCUT2D eigenvalue weighted by molar-refractivity contribution is -0.135. The van der Waals surface area contributed by atoms with Crippen molar-refractivity contribution in [2.75, 3.05) is 27.4 Å². The van der Waals surface area contributed by atoms with Gasteiger partial charge in [0.1, 0.15) is 23.1 Å². The van der Waals surface area contributed by atoms with Crippen LogP contribution in [-0.4, -0.2) is 44.1 Å². The zero-order valence-corrected chi connectivity index (χ0v) is 16.1. The van der Waals surface area contributed by atoms with Gasteiger partial charge in [-0.1, -0.05) is 0 Å². The maximum atomic E-state index is 13.3. The first kappa shape index (κ1) is 20.6. The molecule has 29 heavy (non-hydrogen) atoms. The number of likely N-dealkylation sites (tertiary alicyclic amines) is 1. The molecule has 1 aliphatic rings. The van der Waals surface area contributed by atoms with Crippen molar-refractivity contribution in [1.29, 1.82) is 0 Å². The molecule has 8 heteroatoms.